The molecule has 69 heavy (non-hydrogen) atoms. The number of aromatic nitrogens is 8. The minimum atomic E-state index is -4.16. The van der Waals surface area contributed by atoms with Gasteiger partial charge in [-0.2, -0.15) is 0 Å². The van der Waals surface area contributed by atoms with E-state index in [2.05, 4.69) is 50.1 Å². The second-order valence-electron chi connectivity index (χ2n) is 16.3. The molecule has 2 fully saturated rings. The van der Waals surface area contributed by atoms with Crippen LogP contribution >= 0.6 is 7.74 Å². The first-order valence-corrected chi connectivity index (χ1v) is 23.6. The summed E-state index contributed by atoms with van der Waals surface area (Å²) >= 11 is 0. The molecule has 0 saturated carbocycles. The quantitative estimate of drug-likeness (QED) is 0.0470. The van der Waals surface area contributed by atoms with Crippen molar-refractivity contribution in [1.82, 2.24) is 39.0 Å². The van der Waals surface area contributed by atoms with Gasteiger partial charge in [0.25, 0.3) is 11.8 Å². The number of benzene rings is 2. The topological polar surface area (TPSA) is 253 Å². The van der Waals surface area contributed by atoms with Crippen molar-refractivity contribution in [2.24, 2.45) is 4.74 Å². The van der Waals surface area contributed by atoms with Crippen molar-refractivity contribution in [1.29, 1.82) is 0 Å². The summed E-state index contributed by atoms with van der Waals surface area (Å²) in [4.78, 5) is 69.3. The molecule has 0 aliphatic carbocycles. The fourth-order valence-electron chi connectivity index (χ4n) is 7.64. The first kappa shape index (κ1) is 48.8. The minimum Gasteiger partial charge on any atom is -0.451 e. The van der Waals surface area contributed by atoms with Crippen LogP contribution in [0.4, 0.5) is 16.4 Å². The Kier molecular flexibility index (Phi) is 15.7. The number of ether oxygens (including phenoxy) is 5. The van der Waals surface area contributed by atoms with Gasteiger partial charge in [0.1, 0.15) is 50.0 Å². The molecule has 6 heterocycles. The number of nitrogens with one attached hydrogen (secondary N) is 2. The highest BCUT2D eigenvalue weighted by Gasteiger charge is 2.45. The number of anilines is 2. The van der Waals surface area contributed by atoms with Crippen LogP contribution in [-0.4, -0.2) is 127 Å². The molecule has 2 aliphatic heterocycles. The Hall–Kier alpha value is -6.61. The van der Waals surface area contributed by atoms with Crippen molar-refractivity contribution >= 4 is 59.6 Å². The van der Waals surface area contributed by atoms with Gasteiger partial charge in [-0.25, -0.2) is 41.3 Å². The van der Waals surface area contributed by atoms with E-state index in [1.807, 2.05) is 39.8 Å². The van der Waals surface area contributed by atoms with E-state index in [4.69, 9.17) is 43.8 Å². The molecule has 7 atom stereocenters. The van der Waals surface area contributed by atoms with E-state index in [0.29, 0.717) is 39.9 Å². The number of hydrogen-bond acceptors (Lipinski definition) is 17. The molecule has 24 heteroatoms. The summed E-state index contributed by atoms with van der Waals surface area (Å²) in [6.45, 7) is 14.5. The van der Waals surface area contributed by atoms with Crippen LogP contribution in [0.1, 0.15) is 73.7 Å². The maximum atomic E-state index is 13.2. The Labute approximate surface area is 396 Å². The summed E-state index contributed by atoms with van der Waals surface area (Å²) < 4.78 is 57.8. The maximum absolute atomic E-state index is 13.2. The lowest BCUT2D eigenvalue weighted by Crippen LogP contribution is -2.33. The number of methoxy groups -OCH3 is 1. The van der Waals surface area contributed by atoms with Gasteiger partial charge >= 0.3 is 13.8 Å². The standard InChI is InChI=1S/C45H51N12O11P/c1-27(2)62-21-33-32(20-36(66-33)57-26-52-38-40(48-24-50-42(38)57)54-44(59)30-15-11-8-12-16-30)68-69(55-45(60)61-6,63-18-17-46-5)64-22-34-31(65-28(3)4)19-35(67-34)56-25-51-37-39(47-23-49-41(37)56)53-43(58)29-13-9-7-10-14-29/h7-16,23-28,31-36H,17-22H2,1-4,6H3,(H,47,49,53,58)(H,48,50,54,59)/t31-,32-,33?,34?,35?,36?,69?/m1/s1. The van der Waals surface area contributed by atoms with Crippen LogP contribution in [-0.2, 0) is 37.3 Å². The van der Waals surface area contributed by atoms with Gasteiger partial charge in [-0.3, -0.25) is 32.3 Å². The Bertz CT molecular complexity index is 2840. The first-order chi connectivity index (χ1) is 33.4. The van der Waals surface area contributed by atoms with Gasteiger partial charge in [0, 0.05) is 24.0 Å². The lowest BCUT2D eigenvalue weighted by atomic mass is 10.2. The molecule has 2 N–H and O–H groups in total. The molecular weight excluding hydrogens is 916 g/mol. The molecule has 8 rings (SSSR count). The van der Waals surface area contributed by atoms with Crippen molar-refractivity contribution < 1.29 is 51.6 Å². The fourth-order valence-corrected chi connectivity index (χ4v) is 9.49. The zero-order valence-corrected chi connectivity index (χ0v) is 39.2. The largest absolute Gasteiger partial charge is 0.451 e. The molecule has 4 aromatic heterocycles. The SMILES string of the molecule is [C-]#[N+]CCOP(=NC(=O)OC)(OCC1OC(n2cnc3c(NC(=O)c4ccccc4)ncnc32)C[C@H]1OC(C)C)O[C@@H]1CC(n2cnc3c(NC(=O)c4ccccc4)ncnc32)OC1COC(C)C. The molecule has 3 amide bonds. The van der Waals surface area contributed by atoms with Crippen LogP contribution in [0.5, 0.6) is 0 Å². The highest BCUT2D eigenvalue weighted by molar-refractivity contribution is 7.51. The Morgan fingerprint density at radius 1 is 0.754 bits per heavy atom. The number of rotatable bonds is 19. The molecule has 23 nitrogen and oxygen atoms in total. The van der Waals surface area contributed by atoms with Gasteiger partial charge in [0.2, 0.25) is 6.54 Å². The van der Waals surface area contributed by atoms with Crippen molar-refractivity contribution in [3.8, 4) is 0 Å². The van der Waals surface area contributed by atoms with Crippen LogP contribution in [0.25, 0.3) is 27.2 Å². The number of nitrogens with zero attached hydrogens (tertiary/aromatic N) is 10. The number of hydrogen-bond donors (Lipinski definition) is 2. The van der Waals surface area contributed by atoms with Crippen molar-refractivity contribution in [2.75, 3.05) is 44.1 Å². The lowest BCUT2D eigenvalue weighted by molar-refractivity contribution is -0.0808. The molecule has 6 aromatic rings. The Morgan fingerprint density at radius 2 is 1.29 bits per heavy atom. The third-order valence-electron chi connectivity index (χ3n) is 10.8. The van der Waals surface area contributed by atoms with Crippen LogP contribution < -0.4 is 10.6 Å². The lowest BCUT2D eigenvalue weighted by Gasteiger charge is -2.29. The van der Waals surface area contributed by atoms with E-state index in [1.54, 1.807) is 64.0 Å². The highest BCUT2D eigenvalue weighted by Crippen LogP contribution is 2.57. The van der Waals surface area contributed by atoms with Gasteiger partial charge in [0.05, 0.1) is 51.3 Å². The molecular formula is C45H51N12O11P. The third-order valence-corrected chi connectivity index (χ3v) is 12.7. The molecule has 0 spiro atoms. The normalized spacial score (nSPS) is 21.1. The molecule has 2 aliphatic rings. The smallest absolute Gasteiger partial charge is 0.437 e. The van der Waals surface area contributed by atoms with E-state index in [9.17, 15) is 14.4 Å². The second-order valence-corrected chi connectivity index (χ2v) is 18.1. The van der Waals surface area contributed by atoms with Crippen LogP contribution in [0.15, 0.2) is 90.7 Å². The van der Waals surface area contributed by atoms with E-state index < -0.39 is 50.7 Å². The summed E-state index contributed by atoms with van der Waals surface area (Å²) in [7, 11) is -3.00. The highest BCUT2D eigenvalue weighted by atomic mass is 31.2. The summed E-state index contributed by atoms with van der Waals surface area (Å²) in [5.74, 6) is -0.322. The molecule has 2 saturated heterocycles. The minimum absolute atomic E-state index is 0.0525. The van der Waals surface area contributed by atoms with Crippen LogP contribution in [0.3, 0.4) is 0 Å². The Balaban J connectivity index is 1.06. The van der Waals surface area contributed by atoms with E-state index in [-0.39, 0.29) is 68.4 Å². The van der Waals surface area contributed by atoms with Gasteiger partial charge in [0.15, 0.2) is 34.0 Å². The number of imidazole rings is 2. The van der Waals surface area contributed by atoms with E-state index in [1.165, 1.54) is 19.0 Å². The third kappa shape index (κ3) is 11.6. The zero-order valence-electron chi connectivity index (χ0n) is 38.4. The number of amides is 3. The van der Waals surface area contributed by atoms with Gasteiger partial charge in [-0.05, 0) is 52.0 Å². The first-order valence-electron chi connectivity index (χ1n) is 22.1. The molecule has 2 aromatic carbocycles. The summed E-state index contributed by atoms with van der Waals surface area (Å²) in [6, 6.07) is 17.4. The number of fused-ring (bicyclic) bond motifs is 2. The van der Waals surface area contributed by atoms with Gasteiger partial charge < -0.3 is 39.2 Å². The molecule has 5 unspecified atom stereocenters. The average molecular weight is 967 g/mol. The fraction of sp³-hybridized carbons (Fsp3) is 0.422. The number of carbonyl (C=O) groups is 3. The number of carbonyl (C=O) groups excluding carboxylic acids is 3. The van der Waals surface area contributed by atoms with E-state index in [0.717, 1.165) is 7.11 Å². The second kappa shape index (κ2) is 22.2. The van der Waals surface area contributed by atoms with Crippen molar-refractivity contribution in [2.45, 2.75) is 89.6 Å². The predicted octanol–water partition coefficient (Wildman–Crippen LogP) is 7.01. The monoisotopic (exact) mass is 966 g/mol. The molecule has 0 bridgehead atoms. The van der Waals surface area contributed by atoms with Crippen LogP contribution in [0, 0.1) is 6.57 Å². The maximum Gasteiger partial charge on any atom is 0.437 e. The van der Waals surface area contributed by atoms with E-state index >= 15 is 0 Å². The van der Waals surface area contributed by atoms with Crippen LogP contribution in [0.2, 0.25) is 0 Å². The zero-order chi connectivity index (χ0) is 48.5. The molecule has 362 valence electrons. The summed E-state index contributed by atoms with van der Waals surface area (Å²) in [6.07, 6.45) is 0.199. The van der Waals surface area contributed by atoms with Crippen molar-refractivity contribution in [3.05, 3.63) is 109 Å². The summed E-state index contributed by atoms with van der Waals surface area (Å²) in [5.41, 5.74) is 2.30. The average Bonchev–Trinajstić information content (AvgIpc) is 4.16. The predicted molar refractivity (Wildman–Crippen MR) is 248 cm³/mol. The Morgan fingerprint density at radius 3 is 1.80 bits per heavy atom. The molecule has 0 radical (unpaired) electrons. The summed E-state index contributed by atoms with van der Waals surface area (Å²) in [5, 5.41) is 5.64. The van der Waals surface area contributed by atoms with Gasteiger partial charge in [-0.15, -0.1) is 4.74 Å². The van der Waals surface area contributed by atoms with Gasteiger partial charge in [-0.1, -0.05) is 36.4 Å². The van der Waals surface area contributed by atoms with Crippen molar-refractivity contribution in [3.63, 3.8) is 0 Å².